The summed E-state index contributed by atoms with van der Waals surface area (Å²) in [6.07, 6.45) is 3.67. The van der Waals surface area contributed by atoms with Crippen LogP contribution in [0.5, 0.6) is 0 Å². The zero-order chi connectivity index (χ0) is 22.1. The summed E-state index contributed by atoms with van der Waals surface area (Å²) >= 11 is 0. The molecule has 2 aliphatic heterocycles. The lowest BCUT2D eigenvalue weighted by molar-refractivity contribution is -0.125. The largest absolute Gasteiger partial charge is 0.381 e. The lowest BCUT2D eigenvalue weighted by Gasteiger charge is -2.23. The molecular formula is C24H27FN4O3. The van der Waals surface area contributed by atoms with Crippen LogP contribution in [-0.2, 0) is 22.6 Å². The Labute approximate surface area is 186 Å². The Bertz CT molecular complexity index is 1000. The molecule has 32 heavy (non-hydrogen) atoms. The van der Waals surface area contributed by atoms with Crippen LogP contribution < -0.4 is 5.32 Å². The van der Waals surface area contributed by atoms with Gasteiger partial charge in [-0.3, -0.25) is 9.69 Å². The first-order chi connectivity index (χ1) is 15.6. The molecule has 168 valence electrons. The predicted octanol–water partition coefficient (Wildman–Crippen LogP) is 3.08. The second-order valence-corrected chi connectivity index (χ2v) is 8.72. The molecule has 5 rings (SSSR count). The summed E-state index contributed by atoms with van der Waals surface area (Å²) in [7, 11) is 0. The van der Waals surface area contributed by atoms with Gasteiger partial charge in [0.05, 0.1) is 11.4 Å². The first-order valence-corrected chi connectivity index (χ1v) is 11.3. The normalized spacial score (nSPS) is 19.8. The number of carbonyl (C=O) groups is 2. The summed E-state index contributed by atoms with van der Waals surface area (Å²) in [5.41, 5.74) is 2.93. The zero-order valence-corrected chi connectivity index (χ0v) is 17.9. The Hall–Kier alpha value is -2.84. The lowest BCUT2D eigenvalue weighted by Crippen LogP contribution is -2.34. The smallest absolute Gasteiger partial charge is 0.327 e. The van der Waals surface area contributed by atoms with E-state index in [2.05, 4.69) is 10.3 Å². The van der Waals surface area contributed by atoms with Crippen molar-refractivity contribution in [2.45, 2.75) is 50.9 Å². The first-order valence-electron chi connectivity index (χ1n) is 11.3. The van der Waals surface area contributed by atoms with Crippen molar-refractivity contribution in [2.24, 2.45) is 0 Å². The Morgan fingerprint density at radius 1 is 1.03 bits per heavy atom. The maximum absolute atomic E-state index is 14.3. The number of benzene rings is 1. The molecule has 1 N–H and O–H groups in total. The number of urea groups is 1. The minimum Gasteiger partial charge on any atom is -0.381 e. The number of halogens is 1. The predicted molar refractivity (Wildman–Crippen MR) is 116 cm³/mol. The van der Waals surface area contributed by atoms with Crippen LogP contribution in [0, 0.1) is 5.82 Å². The Balaban J connectivity index is 1.23. The maximum Gasteiger partial charge on any atom is 0.327 e. The molecule has 1 aliphatic carbocycles. The van der Waals surface area contributed by atoms with E-state index in [0.717, 1.165) is 50.0 Å². The Morgan fingerprint density at radius 3 is 2.50 bits per heavy atom. The number of aromatic nitrogens is 1. The van der Waals surface area contributed by atoms with Gasteiger partial charge in [-0.05, 0) is 43.4 Å². The molecule has 8 heteroatoms. The highest BCUT2D eigenvalue weighted by atomic mass is 19.1. The minimum atomic E-state index is -0.317. The van der Waals surface area contributed by atoms with Gasteiger partial charge >= 0.3 is 6.03 Å². The van der Waals surface area contributed by atoms with Crippen LogP contribution in [0.25, 0.3) is 11.3 Å². The molecule has 1 aromatic carbocycles. The summed E-state index contributed by atoms with van der Waals surface area (Å²) in [6, 6.07) is 11.1. The fourth-order valence-electron chi connectivity index (χ4n) is 4.30. The monoisotopic (exact) mass is 438 g/mol. The number of nitrogens with zero attached hydrogens (tertiary/aromatic N) is 3. The molecule has 0 atom stereocenters. The molecular weight excluding hydrogens is 411 g/mol. The van der Waals surface area contributed by atoms with Crippen LogP contribution in [-0.4, -0.2) is 58.6 Å². The van der Waals surface area contributed by atoms with E-state index in [-0.39, 0.29) is 30.3 Å². The topological polar surface area (TPSA) is 74.8 Å². The molecule has 3 heterocycles. The van der Waals surface area contributed by atoms with Crippen LogP contribution in [0.15, 0.2) is 36.4 Å². The van der Waals surface area contributed by atoms with E-state index in [1.54, 1.807) is 11.0 Å². The molecule has 3 fully saturated rings. The van der Waals surface area contributed by atoms with Gasteiger partial charge in [-0.2, -0.15) is 0 Å². The number of hydrogen-bond acceptors (Lipinski definition) is 5. The van der Waals surface area contributed by atoms with Gasteiger partial charge in [0.1, 0.15) is 12.4 Å². The van der Waals surface area contributed by atoms with Crippen molar-refractivity contribution in [3.05, 3.63) is 53.5 Å². The van der Waals surface area contributed by atoms with Gasteiger partial charge in [-0.15, -0.1) is 0 Å². The Morgan fingerprint density at radius 2 is 1.78 bits per heavy atom. The molecule has 0 spiro atoms. The van der Waals surface area contributed by atoms with Crippen molar-refractivity contribution in [2.75, 3.05) is 19.8 Å². The third-order valence-electron chi connectivity index (χ3n) is 6.30. The van der Waals surface area contributed by atoms with Gasteiger partial charge in [0.2, 0.25) is 0 Å². The number of nitrogens with one attached hydrogen (secondary N) is 1. The molecule has 7 nitrogen and oxygen atoms in total. The molecule has 2 aromatic rings. The number of ether oxygens (including phenoxy) is 1. The zero-order valence-electron chi connectivity index (χ0n) is 17.9. The second kappa shape index (κ2) is 8.96. The van der Waals surface area contributed by atoms with Crippen LogP contribution in [0.2, 0.25) is 0 Å². The number of rotatable bonds is 7. The van der Waals surface area contributed by atoms with Crippen molar-refractivity contribution in [1.29, 1.82) is 0 Å². The third kappa shape index (κ3) is 4.52. The van der Waals surface area contributed by atoms with Crippen molar-refractivity contribution in [3.63, 3.8) is 0 Å². The number of imide groups is 1. The van der Waals surface area contributed by atoms with Crippen LogP contribution in [0.4, 0.5) is 9.18 Å². The van der Waals surface area contributed by atoms with Crippen LogP contribution in [0.3, 0.4) is 0 Å². The number of carbonyl (C=O) groups excluding carboxylic acids is 2. The van der Waals surface area contributed by atoms with Gasteiger partial charge < -0.3 is 15.0 Å². The van der Waals surface area contributed by atoms with E-state index in [0.29, 0.717) is 30.5 Å². The molecule has 3 aliphatic rings. The summed E-state index contributed by atoms with van der Waals surface area (Å²) in [5.74, 6) is -0.422. The molecule has 0 bridgehead atoms. The highest BCUT2D eigenvalue weighted by Crippen LogP contribution is 2.31. The molecule has 2 saturated heterocycles. The Kier molecular flexibility index (Phi) is 5.89. The standard InChI is InChI=1S/C24H27FN4O3/c25-20-7-8-21(27-22(20)13-26-18-9-11-32-12-10-18)17-3-1-16(2-4-17)14-28-15-23(30)29(24(28)31)19-5-6-19/h1-4,7-8,18-19,26H,5-6,9-15H2. The van der Waals surface area contributed by atoms with Crippen LogP contribution >= 0.6 is 0 Å². The lowest BCUT2D eigenvalue weighted by atomic mass is 10.1. The van der Waals surface area contributed by atoms with Gasteiger partial charge in [0.25, 0.3) is 5.91 Å². The third-order valence-corrected chi connectivity index (χ3v) is 6.30. The molecule has 3 amide bonds. The summed E-state index contributed by atoms with van der Waals surface area (Å²) in [5, 5.41) is 3.38. The van der Waals surface area contributed by atoms with Crippen LogP contribution in [0.1, 0.15) is 36.9 Å². The van der Waals surface area contributed by atoms with E-state index in [1.807, 2.05) is 24.3 Å². The summed E-state index contributed by atoms with van der Waals surface area (Å²) < 4.78 is 19.7. The quantitative estimate of drug-likeness (QED) is 0.673. The highest BCUT2D eigenvalue weighted by Gasteiger charge is 2.44. The molecule has 0 radical (unpaired) electrons. The van der Waals surface area contributed by atoms with E-state index in [4.69, 9.17) is 4.74 Å². The number of amides is 3. The number of hydrogen-bond donors (Lipinski definition) is 1. The molecule has 1 saturated carbocycles. The average Bonchev–Trinajstić information content (AvgIpc) is 3.60. The van der Waals surface area contributed by atoms with Crippen molar-refractivity contribution in [1.82, 2.24) is 20.1 Å². The average molecular weight is 439 g/mol. The summed E-state index contributed by atoms with van der Waals surface area (Å²) in [6.45, 7) is 2.38. The maximum atomic E-state index is 14.3. The minimum absolute atomic E-state index is 0.0991. The van der Waals surface area contributed by atoms with E-state index >= 15 is 0 Å². The van der Waals surface area contributed by atoms with Gasteiger partial charge in [0, 0.05) is 44.0 Å². The number of pyridine rings is 1. The molecule has 0 unspecified atom stereocenters. The van der Waals surface area contributed by atoms with Crippen molar-refractivity contribution < 1.29 is 18.7 Å². The van der Waals surface area contributed by atoms with E-state index in [9.17, 15) is 14.0 Å². The van der Waals surface area contributed by atoms with Crippen molar-refractivity contribution >= 4 is 11.9 Å². The SMILES string of the molecule is O=C1CN(Cc2ccc(-c3ccc(F)c(CNC4CCOCC4)n3)cc2)C(=O)N1C1CC1. The fourth-order valence-corrected chi connectivity index (χ4v) is 4.30. The van der Waals surface area contributed by atoms with Gasteiger partial charge in [0.15, 0.2) is 0 Å². The van der Waals surface area contributed by atoms with E-state index in [1.165, 1.54) is 11.0 Å². The highest BCUT2D eigenvalue weighted by molar-refractivity contribution is 6.02. The summed E-state index contributed by atoms with van der Waals surface area (Å²) in [4.78, 5) is 32.2. The van der Waals surface area contributed by atoms with Gasteiger partial charge in [-0.25, -0.2) is 14.2 Å². The van der Waals surface area contributed by atoms with Crippen molar-refractivity contribution in [3.8, 4) is 11.3 Å². The first kappa shape index (κ1) is 21.0. The molecule has 1 aromatic heterocycles. The van der Waals surface area contributed by atoms with E-state index < -0.39 is 0 Å². The van der Waals surface area contributed by atoms with Gasteiger partial charge in [-0.1, -0.05) is 24.3 Å². The second-order valence-electron chi connectivity index (χ2n) is 8.72. The fraction of sp³-hybridized carbons (Fsp3) is 0.458.